The van der Waals surface area contributed by atoms with Crippen LogP contribution >= 0.6 is 0 Å². The van der Waals surface area contributed by atoms with Gasteiger partial charge in [0.15, 0.2) is 5.78 Å². The van der Waals surface area contributed by atoms with Crippen molar-refractivity contribution in [1.29, 1.82) is 0 Å². The molecule has 0 saturated carbocycles. The smallest absolute Gasteiger partial charge is 0.185 e. The lowest BCUT2D eigenvalue weighted by Gasteiger charge is -2.22. The second kappa shape index (κ2) is 7.43. The standard InChI is InChI=1S/C21H24O4/c1-5-25-20-13-19(24)17(21(2,3)4)12-15(20)8-11-18(23)14-6-9-16(22)10-7-14/h6-13,22,24H,5H2,1-4H3/b11-8+. The number of ketones is 1. The zero-order chi connectivity index (χ0) is 18.6. The van der Waals surface area contributed by atoms with Gasteiger partial charge in [0.1, 0.15) is 17.2 Å². The first-order chi connectivity index (χ1) is 11.7. The van der Waals surface area contributed by atoms with E-state index in [0.717, 1.165) is 11.1 Å². The highest BCUT2D eigenvalue weighted by atomic mass is 16.5. The number of carbonyl (C=O) groups excluding carboxylic acids is 1. The number of rotatable bonds is 5. The number of hydrogen-bond donors (Lipinski definition) is 2. The van der Waals surface area contributed by atoms with Crippen LogP contribution in [0.1, 0.15) is 49.2 Å². The van der Waals surface area contributed by atoms with E-state index in [-0.39, 0.29) is 22.7 Å². The van der Waals surface area contributed by atoms with Crippen LogP contribution in [0.25, 0.3) is 6.08 Å². The van der Waals surface area contributed by atoms with Gasteiger partial charge >= 0.3 is 0 Å². The van der Waals surface area contributed by atoms with Crippen LogP contribution in [0.15, 0.2) is 42.5 Å². The highest BCUT2D eigenvalue weighted by Crippen LogP contribution is 2.36. The molecule has 2 rings (SSSR count). The molecule has 0 amide bonds. The van der Waals surface area contributed by atoms with E-state index in [1.165, 1.54) is 18.2 Å². The van der Waals surface area contributed by atoms with E-state index in [4.69, 9.17) is 4.74 Å². The monoisotopic (exact) mass is 340 g/mol. The molecule has 0 fully saturated rings. The van der Waals surface area contributed by atoms with Gasteiger partial charge in [-0.3, -0.25) is 4.79 Å². The average molecular weight is 340 g/mol. The van der Waals surface area contributed by atoms with Crippen LogP contribution < -0.4 is 4.74 Å². The molecular weight excluding hydrogens is 316 g/mol. The summed E-state index contributed by atoms with van der Waals surface area (Å²) >= 11 is 0. The molecule has 0 radical (unpaired) electrons. The highest BCUT2D eigenvalue weighted by molar-refractivity contribution is 6.07. The molecule has 4 nitrogen and oxygen atoms in total. The first-order valence-corrected chi connectivity index (χ1v) is 8.24. The maximum atomic E-state index is 12.3. The fraction of sp³-hybridized carbons (Fsp3) is 0.286. The van der Waals surface area contributed by atoms with Crippen molar-refractivity contribution in [2.45, 2.75) is 33.1 Å². The van der Waals surface area contributed by atoms with Crippen LogP contribution in [0.3, 0.4) is 0 Å². The summed E-state index contributed by atoms with van der Waals surface area (Å²) in [6, 6.07) is 9.54. The molecular formula is C21H24O4. The van der Waals surface area contributed by atoms with Crippen LogP contribution in [-0.2, 0) is 5.41 Å². The van der Waals surface area contributed by atoms with Crippen molar-refractivity contribution in [3.8, 4) is 17.2 Å². The van der Waals surface area contributed by atoms with Gasteiger partial charge in [-0.05, 0) is 54.8 Å². The third-order valence-electron chi connectivity index (χ3n) is 3.80. The summed E-state index contributed by atoms with van der Waals surface area (Å²) < 4.78 is 5.58. The van der Waals surface area contributed by atoms with Gasteiger partial charge in [0.05, 0.1) is 6.61 Å². The number of allylic oxidation sites excluding steroid dienone is 1. The van der Waals surface area contributed by atoms with Crippen LogP contribution in [0, 0.1) is 0 Å². The topological polar surface area (TPSA) is 66.8 Å². The number of hydrogen-bond acceptors (Lipinski definition) is 4. The molecule has 0 spiro atoms. The highest BCUT2D eigenvalue weighted by Gasteiger charge is 2.20. The molecule has 0 aliphatic carbocycles. The van der Waals surface area contributed by atoms with Gasteiger partial charge in [-0.2, -0.15) is 0 Å². The van der Waals surface area contributed by atoms with E-state index in [1.807, 2.05) is 33.8 Å². The van der Waals surface area contributed by atoms with Gasteiger partial charge in [0.2, 0.25) is 0 Å². The number of ether oxygens (including phenoxy) is 1. The first-order valence-electron chi connectivity index (χ1n) is 8.24. The van der Waals surface area contributed by atoms with E-state index in [1.54, 1.807) is 24.3 Å². The number of phenolic OH excluding ortho intramolecular Hbond substituents is 2. The molecule has 0 aliphatic rings. The van der Waals surface area contributed by atoms with Crippen LogP contribution in [-0.4, -0.2) is 22.6 Å². The summed E-state index contributed by atoms with van der Waals surface area (Å²) in [5.74, 6) is 0.654. The largest absolute Gasteiger partial charge is 0.508 e. The van der Waals surface area contributed by atoms with E-state index >= 15 is 0 Å². The molecule has 0 aromatic heterocycles. The van der Waals surface area contributed by atoms with Crippen molar-refractivity contribution in [3.05, 3.63) is 59.2 Å². The van der Waals surface area contributed by atoms with E-state index < -0.39 is 0 Å². The Morgan fingerprint density at radius 1 is 1.12 bits per heavy atom. The van der Waals surface area contributed by atoms with Crippen LogP contribution in [0.5, 0.6) is 17.2 Å². The Morgan fingerprint density at radius 3 is 2.32 bits per heavy atom. The predicted octanol–water partition coefficient (Wildman–Crippen LogP) is 4.69. The molecule has 0 saturated heterocycles. The summed E-state index contributed by atoms with van der Waals surface area (Å²) in [7, 11) is 0. The lowest BCUT2D eigenvalue weighted by molar-refractivity contribution is 0.104. The fourth-order valence-electron chi connectivity index (χ4n) is 2.48. The van der Waals surface area contributed by atoms with Gasteiger partial charge in [-0.25, -0.2) is 0 Å². The maximum Gasteiger partial charge on any atom is 0.185 e. The summed E-state index contributed by atoms with van der Waals surface area (Å²) in [5, 5.41) is 19.6. The quantitative estimate of drug-likeness (QED) is 0.612. The van der Waals surface area contributed by atoms with Gasteiger partial charge in [-0.15, -0.1) is 0 Å². The fourth-order valence-corrected chi connectivity index (χ4v) is 2.48. The zero-order valence-electron chi connectivity index (χ0n) is 15.0. The Bertz CT molecular complexity index is 781. The molecule has 2 N–H and O–H groups in total. The molecule has 0 bridgehead atoms. The molecule has 25 heavy (non-hydrogen) atoms. The summed E-state index contributed by atoms with van der Waals surface area (Å²) in [5.41, 5.74) is 1.77. The number of aromatic hydroxyl groups is 2. The second-order valence-electron chi connectivity index (χ2n) is 6.83. The number of phenols is 2. The second-order valence-corrected chi connectivity index (χ2v) is 6.83. The average Bonchev–Trinajstić information content (AvgIpc) is 2.53. The Labute approximate surface area is 148 Å². The molecule has 2 aromatic rings. The molecule has 132 valence electrons. The Kier molecular flexibility index (Phi) is 5.52. The minimum atomic E-state index is -0.238. The Hall–Kier alpha value is -2.75. The van der Waals surface area contributed by atoms with Crippen molar-refractivity contribution in [3.63, 3.8) is 0 Å². The van der Waals surface area contributed by atoms with Crippen LogP contribution in [0.2, 0.25) is 0 Å². The molecule has 2 aromatic carbocycles. The third-order valence-corrected chi connectivity index (χ3v) is 3.80. The van der Waals surface area contributed by atoms with Crippen molar-refractivity contribution in [2.75, 3.05) is 6.61 Å². The number of carbonyl (C=O) groups is 1. The normalized spacial score (nSPS) is 11.7. The minimum Gasteiger partial charge on any atom is -0.508 e. The lowest BCUT2D eigenvalue weighted by atomic mass is 9.85. The van der Waals surface area contributed by atoms with Crippen LogP contribution in [0.4, 0.5) is 0 Å². The van der Waals surface area contributed by atoms with Gasteiger partial charge in [0, 0.05) is 22.8 Å². The van der Waals surface area contributed by atoms with Gasteiger partial charge in [-0.1, -0.05) is 20.8 Å². The lowest BCUT2D eigenvalue weighted by Crippen LogP contribution is -2.12. The molecule has 0 atom stereocenters. The van der Waals surface area contributed by atoms with Crippen molar-refractivity contribution < 1.29 is 19.7 Å². The predicted molar refractivity (Wildman–Crippen MR) is 99.4 cm³/mol. The Morgan fingerprint density at radius 2 is 1.76 bits per heavy atom. The van der Waals surface area contributed by atoms with Crippen molar-refractivity contribution in [2.24, 2.45) is 0 Å². The van der Waals surface area contributed by atoms with Gasteiger partial charge in [0.25, 0.3) is 0 Å². The summed E-state index contributed by atoms with van der Waals surface area (Å²) in [6.07, 6.45) is 3.16. The summed E-state index contributed by atoms with van der Waals surface area (Å²) in [4.78, 5) is 12.3. The molecule has 0 aliphatic heterocycles. The number of benzene rings is 2. The third kappa shape index (κ3) is 4.63. The molecule has 0 unspecified atom stereocenters. The molecule has 4 heteroatoms. The van der Waals surface area contributed by atoms with E-state index in [0.29, 0.717) is 17.9 Å². The maximum absolute atomic E-state index is 12.3. The zero-order valence-corrected chi connectivity index (χ0v) is 15.0. The van der Waals surface area contributed by atoms with Crippen molar-refractivity contribution >= 4 is 11.9 Å². The minimum absolute atomic E-state index is 0.118. The summed E-state index contributed by atoms with van der Waals surface area (Å²) in [6.45, 7) is 8.36. The molecule has 0 heterocycles. The first kappa shape index (κ1) is 18.6. The SMILES string of the molecule is CCOc1cc(O)c(C(C)(C)C)cc1/C=C/C(=O)c1ccc(O)cc1. The van der Waals surface area contributed by atoms with Crippen molar-refractivity contribution in [1.82, 2.24) is 0 Å². The Balaban J connectivity index is 2.38. The van der Waals surface area contributed by atoms with E-state index in [9.17, 15) is 15.0 Å². The van der Waals surface area contributed by atoms with E-state index in [2.05, 4.69) is 0 Å². The van der Waals surface area contributed by atoms with Gasteiger partial charge < -0.3 is 14.9 Å².